The van der Waals surface area contributed by atoms with Crippen molar-refractivity contribution in [2.75, 3.05) is 31.3 Å². The molecule has 0 aliphatic carbocycles. The highest BCUT2D eigenvalue weighted by atomic mass is 32.2. The van der Waals surface area contributed by atoms with Crippen LogP contribution in [-0.2, 0) is 9.59 Å². The largest absolute Gasteiger partial charge is 0.396 e. The van der Waals surface area contributed by atoms with E-state index < -0.39 is 0 Å². The van der Waals surface area contributed by atoms with Gasteiger partial charge in [-0.3, -0.25) is 9.59 Å². The molecule has 1 fully saturated rings. The Morgan fingerprint density at radius 2 is 2.43 bits per heavy atom. The Labute approximate surface area is 86.8 Å². The summed E-state index contributed by atoms with van der Waals surface area (Å²) in [6.07, 6.45) is 0.550. The zero-order chi connectivity index (χ0) is 10.4. The summed E-state index contributed by atoms with van der Waals surface area (Å²) in [5.74, 6) is 0.942. The van der Waals surface area contributed by atoms with Gasteiger partial charge in [-0.2, -0.15) is 0 Å². The summed E-state index contributed by atoms with van der Waals surface area (Å²) < 4.78 is 0. The van der Waals surface area contributed by atoms with Gasteiger partial charge >= 0.3 is 0 Å². The van der Waals surface area contributed by atoms with E-state index in [1.54, 1.807) is 0 Å². The van der Waals surface area contributed by atoms with Gasteiger partial charge in [0.15, 0.2) is 0 Å². The molecule has 1 saturated heterocycles. The van der Waals surface area contributed by atoms with Crippen molar-refractivity contribution in [3.8, 4) is 0 Å². The molecule has 0 radical (unpaired) electrons. The van der Waals surface area contributed by atoms with Gasteiger partial charge in [-0.25, -0.2) is 0 Å². The lowest BCUT2D eigenvalue weighted by Gasteiger charge is -2.13. The van der Waals surface area contributed by atoms with Crippen LogP contribution in [0.5, 0.6) is 0 Å². The van der Waals surface area contributed by atoms with E-state index in [4.69, 9.17) is 5.11 Å². The Morgan fingerprint density at radius 3 is 3.00 bits per heavy atom. The van der Waals surface area contributed by atoms with Crippen molar-refractivity contribution in [1.82, 2.24) is 10.2 Å². The first-order chi connectivity index (χ1) is 6.74. The molecule has 2 N–H and O–H groups in total. The lowest BCUT2D eigenvalue weighted by molar-refractivity contribution is -0.132. The number of nitrogens with one attached hydrogen (secondary N) is 1. The second-order valence-corrected chi connectivity index (χ2v) is 3.95. The molecule has 1 aliphatic rings. The predicted molar refractivity (Wildman–Crippen MR) is 53.8 cm³/mol. The number of carbonyl (C=O) groups excluding carboxylic acids is 2. The fourth-order valence-corrected chi connectivity index (χ4v) is 1.98. The van der Waals surface area contributed by atoms with Crippen LogP contribution in [-0.4, -0.2) is 53.1 Å². The molecule has 0 spiro atoms. The smallest absolute Gasteiger partial charge is 0.239 e. The maximum atomic E-state index is 11.2. The van der Waals surface area contributed by atoms with Crippen molar-refractivity contribution in [2.24, 2.45) is 0 Å². The molecular formula is C8H14N2O3S. The van der Waals surface area contributed by atoms with Crippen LogP contribution in [0.15, 0.2) is 0 Å². The van der Waals surface area contributed by atoms with Crippen molar-refractivity contribution in [3.05, 3.63) is 0 Å². The molecule has 80 valence electrons. The monoisotopic (exact) mass is 218 g/mol. The minimum absolute atomic E-state index is 0.0207. The second kappa shape index (κ2) is 5.87. The molecule has 0 bridgehead atoms. The number of rotatable bonds is 5. The zero-order valence-electron chi connectivity index (χ0n) is 7.86. The topological polar surface area (TPSA) is 69.6 Å². The van der Waals surface area contributed by atoms with E-state index in [0.29, 0.717) is 24.6 Å². The SMILES string of the molecule is O=C(CN1CSCC1=O)NCCCO. The lowest BCUT2D eigenvalue weighted by Crippen LogP contribution is -2.38. The molecule has 0 atom stereocenters. The van der Waals surface area contributed by atoms with Crippen molar-refractivity contribution in [3.63, 3.8) is 0 Å². The summed E-state index contributed by atoms with van der Waals surface area (Å²) in [5.41, 5.74) is 0. The molecular weight excluding hydrogens is 204 g/mol. The van der Waals surface area contributed by atoms with E-state index in [9.17, 15) is 9.59 Å². The molecule has 14 heavy (non-hydrogen) atoms. The van der Waals surface area contributed by atoms with Crippen LogP contribution in [0.3, 0.4) is 0 Å². The summed E-state index contributed by atoms with van der Waals surface area (Å²) in [4.78, 5) is 23.9. The maximum absolute atomic E-state index is 11.2. The zero-order valence-corrected chi connectivity index (χ0v) is 8.68. The minimum Gasteiger partial charge on any atom is -0.396 e. The quantitative estimate of drug-likeness (QED) is 0.582. The van der Waals surface area contributed by atoms with Gasteiger partial charge in [0.05, 0.1) is 11.6 Å². The second-order valence-electron chi connectivity index (χ2n) is 3.00. The molecule has 0 aromatic rings. The molecule has 0 aromatic carbocycles. The van der Waals surface area contributed by atoms with E-state index in [0.717, 1.165) is 0 Å². The summed E-state index contributed by atoms with van der Waals surface area (Å²) in [6, 6.07) is 0. The summed E-state index contributed by atoms with van der Waals surface area (Å²) in [5, 5.41) is 11.1. The highest BCUT2D eigenvalue weighted by molar-refractivity contribution is 8.00. The third kappa shape index (κ3) is 3.55. The molecule has 6 heteroatoms. The first-order valence-corrected chi connectivity index (χ1v) is 5.62. The Balaban J connectivity index is 2.16. The van der Waals surface area contributed by atoms with Crippen molar-refractivity contribution in [1.29, 1.82) is 0 Å². The van der Waals surface area contributed by atoms with E-state index in [1.807, 2.05) is 0 Å². The standard InChI is InChI=1S/C8H14N2O3S/c11-3-1-2-9-7(12)4-10-6-14-5-8(10)13/h11H,1-6H2,(H,9,12). The molecule has 1 rings (SSSR count). The van der Waals surface area contributed by atoms with E-state index in [-0.39, 0.29) is 25.0 Å². The van der Waals surface area contributed by atoms with E-state index in [1.165, 1.54) is 16.7 Å². The van der Waals surface area contributed by atoms with Gasteiger partial charge in [0.2, 0.25) is 11.8 Å². The number of hydrogen-bond donors (Lipinski definition) is 2. The van der Waals surface area contributed by atoms with Crippen molar-refractivity contribution >= 4 is 23.6 Å². The molecule has 5 nitrogen and oxygen atoms in total. The third-order valence-corrected chi connectivity index (χ3v) is 2.76. The summed E-state index contributed by atoms with van der Waals surface area (Å²) >= 11 is 1.52. The molecule has 1 aliphatic heterocycles. The number of aliphatic hydroxyl groups excluding tert-OH is 1. The lowest BCUT2D eigenvalue weighted by atomic mass is 10.4. The van der Waals surface area contributed by atoms with Crippen molar-refractivity contribution in [2.45, 2.75) is 6.42 Å². The fraction of sp³-hybridized carbons (Fsp3) is 0.750. The number of carbonyl (C=O) groups is 2. The number of hydrogen-bond acceptors (Lipinski definition) is 4. The Hall–Kier alpha value is -0.750. The van der Waals surface area contributed by atoms with E-state index >= 15 is 0 Å². The van der Waals surface area contributed by atoms with Gasteiger partial charge in [-0.1, -0.05) is 0 Å². The number of aliphatic hydroxyl groups is 1. The van der Waals surface area contributed by atoms with Gasteiger partial charge in [-0.05, 0) is 6.42 Å². The van der Waals surface area contributed by atoms with Crippen LogP contribution in [0, 0.1) is 0 Å². The number of amides is 2. The third-order valence-electron chi connectivity index (χ3n) is 1.82. The van der Waals surface area contributed by atoms with Crippen LogP contribution in [0.2, 0.25) is 0 Å². The number of thioether (sulfide) groups is 1. The van der Waals surface area contributed by atoms with Gasteiger partial charge < -0.3 is 15.3 Å². The minimum atomic E-state index is -0.158. The average Bonchev–Trinajstić information content (AvgIpc) is 2.52. The Morgan fingerprint density at radius 1 is 1.64 bits per heavy atom. The van der Waals surface area contributed by atoms with Gasteiger partial charge in [0.1, 0.15) is 6.54 Å². The fourth-order valence-electron chi connectivity index (χ4n) is 1.08. The summed E-state index contributed by atoms with van der Waals surface area (Å²) in [6.45, 7) is 0.667. The van der Waals surface area contributed by atoms with E-state index in [2.05, 4.69) is 5.32 Å². The van der Waals surface area contributed by atoms with Gasteiger partial charge in [0.25, 0.3) is 0 Å². The first kappa shape index (κ1) is 11.3. The Bertz CT molecular complexity index is 223. The van der Waals surface area contributed by atoms with Crippen molar-refractivity contribution < 1.29 is 14.7 Å². The highest BCUT2D eigenvalue weighted by Gasteiger charge is 2.22. The summed E-state index contributed by atoms with van der Waals surface area (Å²) in [7, 11) is 0. The first-order valence-electron chi connectivity index (χ1n) is 4.47. The highest BCUT2D eigenvalue weighted by Crippen LogP contribution is 2.13. The maximum Gasteiger partial charge on any atom is 0.239 e. The van der Waals surface area contributed by atoms with Crippen LogP contribution in [0.25, 0.3) is 0 Å². The van der Waals surface area contributed by atoms with Gasteiger partial charge in [0, 0.05) is 13.2 Å². The predicted octanol–water partition coefficient (Wildman–Crippen LogP) is -0.982. The average molecular weight is 218 g/mol. The van der Waals surface area contributed by atoms with Crippen LogP contribution < -0.4 is 5.32 Å². The molecule has 2 amide bonds. The molecule has 0 unspecified atom stereocenters. The normalized spacial score (nSPS) is 16.1. The number of nitrogens with zero attached hydrogens (tertiary/aromatic N) is 1. The van der Waals surface area contributed by atoms with Crippen LogP contribution in [0.4, 0.5) is 0 Å². The Kier molecular flexibility index (Phi) is 4.75. The molecule has 0 saturated carbocycles. The van der Waals surface area contributed by atoms with Crippen LogP contribution in [0.1, 0.15) is 6.42 Å². The van der Waals surface area contributed by atoms with Gasteiger partial charge in [-0.15, -0.1) is 11.8 Å². The molecule has 0 aromatic heterocycles. The van der Waals surface area contributed by atoms with Crippen LogP contribution >= 0.6 is 11.8 Å². The molecule has 1 heterocycles.